The predicted molar refractivity (Wildman–Crippen MR) is 69.3 cm³/mol. The van der Waals surface area contributed by atoms with Gasteiger partial charge in [-0.25, -0.2) is 4.68 Å². The maximum Gasteiger partial charge on any atom is 0.333 e. The Hall–Kier alpha value is -2.38. The molecule has 0 radical (unpaired) electrons. The van der Waals surface area contributed by atoms with E-state index in [1.165, 1.54) is 22.6 Å². The average molecular weight is 268 g/mol. The van der Waals surface area contributed by atoms with Crippen LogP contribution < -0.4 is 4.90 Å². The summed E-state index contributed by atoms with van der Waals surface area (Å²) in [5.41, 5.74) is 0.103. The molecule has 8 nitrogen and oxygen atoms in total. The highest BCUT2D eigenvalue weighted by molar-refractivity contribution is 5.75. The number of aromatic nitrogens is 2. The molecule has 1 rings (SSSR count). The zero-order valence-corrected chi connectivity index (χ0v) is 10.9. The minimum atomic E-state index is -1.07. The molecule has 1 aromatic heterocycles. The van der Waals surface area contributed by atoms with Gasteiger partial charge >= 0.3 is 11.7 Å². The summed E-state index contributed by atoms with van der Waals surface area (Å²) in [6.45, 7) is 7.11. The van der Waals surface area contributed by atoms with Crippen LogP contribution in [0.3, 0.4) is 0 Å². The van der Waals surface area contributed by atoms with Crippen LogP contribution in [0.25, 0.3) is 0 Å². The number of hydrogen-bond donors (Lipinski definition) is 1. The summed E-state index contributed by atoms with van der Waals surface area (Å²) < 4.78 is 1.43. The minimum Gasteiger partial charge on any atom is -0.480 e. The molecule has 19 heavy (non-hydrogen) atoms. The molecule has 0 saturated carbocycles. The highest BCUT2D eigenvalue weighted by Gasteiger charge is 2.29. The van der Waals surface area contributed by atoms with Crippen molar-refractivity contribution >= 4 is 17.5 Å². The smallest absolute Gasteiger partial charge is 0.333 e. The summed E-state index contributed by atoms with van der Waals surface area (Å²) in [6, 6.07) is 0. The first kappa shape index (κ1) is 14.7. The minimum absolute atomic E-state index is 0.162. The van der Waals surface area contributed by atoms with Crippen LogP contribution in [-0.2, 0) is 11.3 Å². The summed E-state index contributed by atoms with van der Waals surface area (Å²) in [6.07, 6.45) is 1.50. The molecule has 1 heterocycles. The van der Waals surface area contributed by atoms with Crippen molar-refractivity contribution in [2.45, 2.75) is 20.4 Å². The lowest BCUT2D eigenvalue weighted by molar-refractivity contribution is -0.384. The van der Waals surface area contributed by atoms with Crippen molar-refractivity contribution in [2.24, 2.45) is 0 Å². The van der Waals surface area contributed by atoms with Gasteiger partial charge < -0.3 is 10.0 Å². The molecule has 0 aliphatic carbocycles. The second-order valence-corrected chi connectivity index (χ2v) is 3.89. The van der Waals surface area contributed by atoms with E-state index >= 15 is 0 Å². The topological polar surface area (TPSA) is 102 Å². The van der Waals surface area contributed by atoms with Crippen molar-refractivity contribution in [3.63, 3.8) is 0 Å². The Morgan fingerprint density at radius 3 is 2.74 bits per heavy atom. The van der Waals surface area contributed by atoms with Crippen LogP contribution in [-0.4, -0.2) is 38.9 Å². The van der Waals surface area contributed by atoms with E-state index in [1.54, 1.807) is 6.92 Å². The summed E-state index contributed by atoms with van der Waals surface area (Å²) >= 11 is 0. The SMILES string of the molecule is C=CCN(CC(=O)O)c1c([N+](=O)[O-])c(C)nn1CC. The largest absolute Gasteiger partial charge is 0.480 e. The number of carboxylic acid groups (broad SMARTS) is 1. The highest BCUT2D eigenvalue weighted by atomic mass is 16.6. The van der Waals surface area contributed by atoms with Gasteiger partial charge in [-0.3, -0.25) is 14.9 Å². The van der Waals surface area contributed by atoms with Crippen molar-refractivity contribution < 1.29 is 14.8 Å². The molecule has 0 aliphatic heterocycles. The third-order valence-corrected chi connectivity index (χ3v) is 2.53. The molecular weight excluding hydrogens is 252 g/mol. The molecule has 0 saturated heterocycles. The predicted octanol–water partition coefficient (Wildman–Crippen LogP) is 1.20. The molecule has 0 aromatic carbocycles. The molecule has 0 fully saturated rings. The zero-order chi connectivity index (χ0) is 14.6. The molecule has 0 aliphatic rings. The lowest BCUT2D eigenvalue weighted by Gasteiger charge is -2.20. The van der Waals surface area contributed by atoms with E-state index in [9.17, 15) is 14.9 Å². The summed E-state index contributed by atoms with van der Waals surface area (Å²) in [7, 11) is 0. The van der Waals surface area contributed by atoms with Gasteiger partial charge in [0, 0.05) is 13.1 Å². The average Bonchev–Trinajstić information content (AvgIpc) is 2.64. The Bertz CT molecular complexity index is 509. The van der Waals surface area contributed by atoms with Crippen molar-refractivity contribution in [1.82, 2.24) is 9.78 Å². The van der Waals surface area contributed by atoms with Crippen LogP contribution in [0, 0.1) is 17.0 Å². The normalized spacial score (nSPS) is 10.2. The van der Waals surface area contributed by atoms with Gasteiger partial charge in [-0.05, 0) is 13.8 Å². The first-order valence-corrected chi connectivity index (χ1v) is 5.71. The van der Waals surface area contributed by atoms with E-state index in [2.05, 4.69) is 11.7 Å². The van der Waals surface area contributed by atoms with Gasteiger partial charge in [-0.2, -0.15) is 5.10 Å². The van der Waals surface area contributed by atoms with Crippen molar-refractivity contribution in [2.75, 3.05) is 18.0 Å². The van der Waals surface area contributed by atoms with Gasteiger partial charge in [-0.1, -0.05) is 6.08 Å². The fraction of sp³-hybridized carbons (Fsp3) is 0.455. The molecule has 1 aromatic rings. The zero-order valence-electron chi connectivity index (χ0n) is 10.9. The third kappa shape index (κ3) is 3.09. The Labute approximate surface area is 110 Å². The molecule has 104 valence electrons. The number of aryl methyl sites for hydroxylation is 2. The Morgan fingerprint density at radius 1 is 1.68 bits per heavy atom. The molecule has 1 N–H and O–H groups in total. The first-order valence-electron chi connectivity index (χ1n) is 5.71. The first-order chi connectivity index (χ1) is 8.92. The molecule has 0 amide bonds. The van der Waals surface area contributed by atoms with Gasteiger partial charge in [0.1, 0.15) is 12.2 Å². The van der Waals surface area contributed by atoms with E-state index < -0.39 is 10.9 Å². The fourth-order valence-electron chi connectivity index (χ4n) is 1.85. The highest BCUT2D eigenvalue weighted by Crippen LogP contribution is 2.31. The molecule has 0 spiro atoms. The second-order valence-electron chi connectivity index (χ2n) is 3.89. The van der Waals surface area contributed by atoms with E-state index in [0.29, 0.717) is 6.54 Å². The standard InChI is InChI=1S/C11H16N4O4/c1-4-6-13(7-9(16)17)11-10(15(18)19)8(3)12-14(11)5-2/h4H,1,5-7H2,2-3H3,(H,16,17). The monoisotopic (exact) mass is 268 g/mol. The molecule has 0 atom stereocenters. The second kappa shape index (κ2) is 5.98. The Morgan fingerprint density at radius 2 is 2.32 bits per heavy atom. The summed E-state index contributed by atoms with van der Waals surface area (Å²) in [5, 5.41) is 24.1. The van der Waals surface area contributed by atoms with Crippen molar-refractivity contribution in [3.8, 4) is 0 Å². The van der Waals surface area contributed by atoms with Crippen molar-refractivity contribution in [3.05, 3.63) is 28.5 Å². The number of aliphatic carboxylic acids is 1. The quantitative estimate of drug-likeness (QED) is 0.453. The van der Waals surface area contributed by atoms with Crippen LogP contribution >= 0.6 is 0 Å². The maximum atomic E-state index is 11.1. The van der Waals surface area contributed by atoms with Crippen LogP contribution in [0.4, 0.5) is 11.5 Å². The lowest BCUT2D eigenvalue weighted by Crippen LogP contribution is -2.32. The summed E-state index contributed by atoms with van der Waals surface area (Å²) in [4.78, 5) is 22.8. The van der Waals surface area contributed by atoms with Crippen LogP contribution in [0.2, 0.25) is 0 Å². The molecule has 8 heteroatoms. The Kier molecular flexibility index (Phi) is 4.62. The summed E-state index contributed by atoms with van der Waals surface area (Å²) in [5.74, 6) is -0.870. The number of rotatable bonds is 7. The third-order valence-electron chi connectivity index (χ3n) is 2.53. The lowest BCUT2D eigenvalue weighted by atomic mass is 10.3. The number of nitro groups is 1. The number of nitrogens with zero attached hydrogens (tertiary/aromatic N) is 4. The van der Waals surface area contributed by atoms with Gasteiger partial charge in [-0.15, -0.1) is 6.58 Å². The van der Waals surface area contributed by atoms with Crippen molar-refractivity contribution in [1.29, 1.82) is 0 Å². The van der Waals surface area contributed by atoms with E-state index in [0.717, 1.165) is 0 Å². The number of anilines is 1. The van der Waals surface area contributed by atoms with Crippen LogP contribution in [0.15, 0.2) is 12.7 Å². The Balaban J connectivity index is 3.37. The van der Waals surface area contributed by atoms with Crippen LogP contribution in [0.1, 0.15) is 12.6 Å². The van der Waals surface area contributed by atoms with Gasteiger partial charge in [0.15, 0.2) is 0 Å². The molecular formula is C11H16N4O4. The molecule has 0 bridgehead atoms. The maximum absolute atomic E-state index is 11.1. The number of carbonyl (C=O) groups is 1. The van der Waals surface area contributed by atoms with Gasteiger partial charge in [0.2, 0.25) is 5.82 Å². The van der Waals surface area contributed by atoms with Gasteiger partial charge in [0.25, 0.3) is 0 Å². The van der Waals surface area contributed by atoms with Gasteiger partial charge in [0.05, 0.1) is 4.92 Å². The number of carboxylic acids is 1. The fourth-order valence-corrected chi connectivity index (χ4v) is 1.85. The van der Waals surface area contributed by atoms with E-state index in [4.69, 9.17) is 5.11 Å². The van der Waals surface area contributed by atoms with E-state index in [1.807, 2.05) is 0 Å². The number of hydrogen-bond acceptors (Lipinski definition) is 5. The van der Waals surface area contributed by atoms with Crippen LogP contribution in [0.5, 0.6) is 0 Å². The van der Waals surface area contributed by atoms with E-state index in [-0.39, 0.29) is 30.3 Å². The molecule has 0 unspecified atom stereocenters.